The number of carbonyl (C=O) groups excluding carboxylic acids is 1. The number of imidazole rings is 1. The third-order valence-corrected chi connectivity index (χ3v) is 3.88. The molecule has 0 radical (unpaired) electrons. The molecule has 0 fully saturated rings. The van der Waals surface area contributed by atoms with Gasteiger partial charge in [-0.3, -0.25) is 4.79 Å². The van der Waals surface area contributed by atoms with E-state index in [-0.39, 0.29) is 11.6 Å². The average Bonchev–Trinajstić information content (AvgIpc) is 2.99. The Morgan fingerprint density at radius 1 is 1.17 bits per heavy atom. The van der Waals surface area contributed by atoms with E-state index in [1.165, 1.54) is 6.33 Å². The lowest BCUT2D eigenvalue weighted by Gasteiger charge is -2.11. The zero-order chi connectivity index (χ0) is 16.9. The lowest BCUT2D eigenvalue weighted by Crippen LogP contribution is -2.16. The Bertz CT molecular complexity index is 912. The van der Waals surface area contributed by atoms with E-state index in [2.05, 4.69) is 10.3 Å². The van der Waals surface area contributed by atoms with Crippen LogP contribution in [-0.4, -0.2) is 15.5 Å². The van der Waals surface area contributed by atoms with Crippen LogP contribution < -0.4 is 5.32 Å². The summed E-state index contributed by atoms with van der Waals surface area (Å²) in [7, 11) is 0. The second-order valence-electron chi connectivity index (χ2n) is 5.09. The van der Waals surface area contributed by atoms with Crippen molar-refractivity contribution in [2.45, 2.75) is 6.54 Å². The quantitative estimate of drug-likeness (QED) is 0.789. The lowest BCUT2D eigenvalue weighted by atomic mass is 10.2. The molecule has 118 valence electrons. The molecule has 6 heteroatoms. The first kappa shape index (κ1) is 15.8. The minimum absolute atomic E-state index is 0.159. The molecular weight excluding hydrogens is 324 g/mol. The number of carbonyl (C=O) groups is 1. The molecule has 1 N–H and O–H groups in total. The molecule has 1 aromatic heterocycles. The third-order valence-electron chi connectivity index (χ3n) is 3.51. The van der Waals surface area contributed by atoms with Gasteiger partial charge in [0.2, 0.25) is 0 Å². The summed E-state index contributed by atoms with van der Waals surface area (Å²) in [6.07, 6.45) is 1.52. The summed E-state index contributed by atoms with van der Waals surface area (Å²) in [5.41, 5.74) is 1.54. The number of hydrogen-bond donors (Lipinski definition) is 1. The number of benzene rings is 2. The number of amides is 1. The number of nitriles is 1. The van der Waals surface area contributed by atoms with Gasteiger partial charge in [0.15, 0.2) is 11.5 Å². The van der Waals surface area contributed by atoms with E-state index in [0.717, 1.165) is 5.56 Å². The Morgan fingerprint density at radius 2 is 1.88 bits per heavy atom. The van der Waals surface area contributed by atoms with Gasteiger partial charge in [-0.1, -0.05) is 48.0 Å². The summed E-state index contributed by atoms with van der Waals surface area (Å²) in [6.45, 7) is 0.402. The van der Waals surface area contributed by atoms with Crippen molar-refractivity contribution in [2.75, 3.05) is 5.32 Å². The van der Waals surface area contributed by atoms with Gasteiger partial charge in [-0.2, -0.15) is 5.26 Å². The maximum absolute atomic E-state index is 12.4. The molecule has 0 aliphatic carbocycles. The van der Waals surface area contributed by atoms with Gasteiger partial charge < -0.3 is 9.88 Å². The molecule has 2 aromatic carbocycles. The molecule has 0 saturated heterocycles. The van der Waals surface area contributed by atoms with Crippen LogP contribution in [0, 0.1) is 11.3 Å². The first-order chi connectivity index (χ1) is 11.7. The summed E-state index contributed by atoms with van der Waals surface area (Å²) in [4.78, 5) is 16.4. The van der Waals surface area contributed by atoms with Crippen LogP contribution in [0.4, 0.5) is 5.82 Å². The van der Waals surface area contributed by atoms with Crippen LogP contribution in [0.2, 0.25) is 5.02 Å². The highest BCUT2D eigenvalue weighted by atomic mass is 35.5. The van der Waals surface area contributed by atoms with Crippen molar-refractivity contribution >= 4 is 23.3 Å². The molecule has 0 aliphatic rings. The second kappa shape index (κ2) is 6.99. The Morgan fingerprint density at radius 3 is 2.58 bits per heavy atom. The summed E-state index contributed by atoms with van der Waals surface area (Å²) in [6, 6.07) is 18.2. The zero-order valence-corrected chi connectivity index (χ0v) is 13.4. The van der Waals surface area contributed by atoms with Crippen molar-refractivity contribution < 1.29 is 4.79 Å². The minimum Gasteiger partial charge on any atom is -0.312 e. The van der Waals surface area contributed by atoms with Gasteiger partial charge in [0, 0.05) is 10.6 Å². The monoisotopic (exact) mass is 336 g/mol. The number of aromatic nitrogens is 2. The summed E-state index contributed by atoms with van der Waals surface area (Å²) < 4.78 is 1.70. The minimum atomic E-state index is -0.298. The normalized spacial score (nSPS) is 10.2. The summed E-state index contributed by atoms with van der Waals surface area (Å²) in [5, 5.41) is 12.6. The molecule has 0 spiro atoms. The second-order valence-corrected chi connectivity index (χ2v) is 5.50. The van der Waals surface area contributed by atoms with E-state index in [1.807, 2.05) is 30.3 Å². The molecule has 0 bridgehead atoms. The molecular formula is C18H13ClN4O. The predicted octanol–water partition coefficient (Wildman–Crippen LogP) is 3.71. The Kier molecular flexibility index (Phi) is 4.59. The van der Waals surface area contributed by atoms with E-state index in [4.69, 9.17) is 11.6 Å². The van der Waals surface area contributed by atoms with Crippen LogP contribution in [0.1, 0.15) is 21.6 Å². The summed E-state index contributed by atoms with van der Waals surface area (Å²) in [5.74, 6) is 0.0549. The number of anilines is 1. The van der Waals surface area contributed by atoms with Crippen molar-refractivity contribution in [3.8, 4) is 6.07 Å². The van der Waals surface area contributed by atoms with Gasteiger partial charge in [0.1, 0.15) is 6.07 Å². The maximum Gasteiger partial charge on any atom is 0.256 e. The van der Waals surface area contributed by atoms with Crippen molar-refractivity contribution in [2.24, 2.45) is 0 Å². The molecule has 1 amide bonds. The Hall–Kier alpha value is -3.10. The largest absolute Gasteiger partial charge is 0.312 e. The van der Waals surface area contributed by atoms with E-state index in [1.54, 1.807) is 34.9 Å². The smallest absolute Gasteiger partial charge is 0.256 e. The molecule has 3 rings (SSSR count). The molecule has 1 heterocycles. The van der Waals surface area contributed by atoms with Gasteiger partial charge in [-0.05, 0) is 23.8 Å². The molecule has 0 atom stereocenters. The fourth-order valence-electron chi connectivity index (χ4n) is 2.29. The SMILES string of the molecule is N#Cc1ncn(Cc2ccccc2Cl)c1NC(=O)c1ccccc1. The van der Waals surface area contributed by atoms with Crippen LogP contribution in [0.3, 0.4) is 0 Å². The number of nitrogens with one attached hydrogen (secondary N) is 1. The molecule has 3 aromatic rings. The van der Waals surface area contributed by atoms with Gasteiger partial charge in [-0.15, -0.1) is 0 Å². The van der Waals surface area contributed by atoms with Gasteiger partial charge >= 0.3 is 0 Å². The molecule has 5 nitrogen and oxygen atoms in total. The fourth-order valence-corrected chi connectivity index (χ4v) is 2.49. The first-order valence-electron chi connectivity index (χ1n) is 7.24. The molecule has 0 saturated carbocycles. The van der Waals surface area contributed by atoms with Crippen LogP contribution in [-0.2, 0) is 6.54 Å². The highest BCUT2D eigenvalue weighted by molar-refractivity contribution is 6.31. The van der Waals surface area contributed by atoms with Gasteiger partial charge in [0.05, 0.1) is 12.9 Å². The number of rotatable bonds is 4. The van der Waals surface area contributed by atoms with E-state index >= 15 is 0 Å². The topological polar surface area (TPSA) is 70.7 Å². The zero-order valence-electron chi connectivity index (χ0n) is 12.6. The van der Waals surface area contributed by atoms with Crippen LogP contribution in [0.15, 0.2) is 60.9 Å². The Labute approximate surface area is 144 Å². The van der Waals surface area contributed by atoms with Crippen LogP contribution >= 0.6 is 11.6 Å². The van der Waals surface area contributed by atoms with Crippen molar-refractivity contribution in [1.82, 2.24) is 9.55 Å². The lowest BCUT2D eigenvalue weighted by molar-refractivity contribution is 0.102. The number of hydrogen-bond acceptors (Lipinski definition) is 3. The van der Waals surface area contributed by atoms with Gasteiger partial charge in [0.25, 0.3) is 5.91 Å². The highest BCUT2D eigenvalue weighted by Crippen LogP contribution is 2.21. The fraction of sp³-hybridized carbons (Fsp3) is 0.0556. The van der Waals surface area contributed by atoms with Crippen LogP contribution in [0.25, 0.3) is 0 Å². The van der Waals surface area contributed by atoms with E-state index < -0.39 is 0 Å². The summed E-state index contributed by atoms with van der Waals surface area (Å²) >= 11 is 6.18. The first-order valence-corrected chi connectivity index (χ1v) is 7.62. The maximum atomic E-state index is 12.4. The molecule has 0 unspecified atom stereocenters. The third kappa shape index (κ3) is 3.29. The van der Waals surface area contributed by atoms with Gasteiger partial charge in [-0.25, -0.2) is 4.98 Å². The Balaban J connectivity index is 1.90. The van der Waals surface area contributed by atoms with Crippen LogP contribution in [0.5, 0.6) is 0 Å². The number of halogens is 1. The van der Waals surface area contributed by atoms with E-state index in [9.17, 15) is 10.1 Å². The molecule has 0 aliphatic heterocycles. The van der Waals surface area contributed by atoms with Crippen molar-refractivity contribution in [1.29, 1.82) is 5.26 Å². The standard InChI is InChI=1S/C18H13ClN4O/c19-15-9-5-4-8-14(15)11-23-12-21-16(10-20)17(23)22-18(24)13-6-2-1-3-7-13/h1-9,12H,11H2,(H,22,24). The molecule has 24 heavy (non-hydrogen) atoms. The highest BCUT2D eigenvalue weighted by Gasteiger charge is 2.15. The number of nitrogens with zero attached hydrogens (tertiary/aromatic N) is 3. The predicted molar refractivity (Wildman–Crippen MR) is 91.9 cm³/mol. The average molecular weight is 337 g/mol. The van der Waals surface area contributed by atoms with Crippen molar-refractivity contribution in [3.63, 3.8) is 0 Å². The van der Waals surface area contributed by atoms with E-state index in [0.29, 0.717) is 22.9 Å². The van der Waals surface area contributed by atoms with Crippen molar-refractivity contribution in [3.05, 3.63) is 82.8 Å².